The Balaban J connectivity index is 1.92. The first kappa shape index (κ1) is 16.2. The van der Waals surface area contributed by atoms with E-state index in [1.165, 1.54) is 28.8 Å². The van der Waals surface area contributed by atoms with Crippen molar-refractivity contribution >= 4 is 11.6 Å². The minimum absolute atomic E-state index is 0.117. The van der Waals surface area contributed by atoms with Crippen molar-refractivity contribution in [3.63, 3.8) is 0 Å². The quantitative estimate of drug-likeness (QED) is 0.871. The minimum atomic E-state index is -0.353. The Morgan fingerprint density at radius 3 is 2.68 bits per heavy atom. The molecular formula is C18H22FN2O+. The van der Waals surface area contributed by atoms with E-state index in [0.29, 0.717) is 12.2 Å². The van der Waals surface area contributed by atoms with E-state index >= 15 is 0 Å². The van der Waals surface area contributed by atoms with E-state index in [-0.39, 0.29) is 11.7 Å². The maximum absolute atomic E-state index is 13.1. The van der Waals surface area contributed by atoms with Gasteiger partial charge in [-0.1, -0.05) is 29.8 Å². The lowest BCUT2D eigenvalue weighted by molar-refractivity contribution is -0.885. The summed E-state index contributed by atoms with van der Waals surface area (Å²) in [5, 5.41) is 2.73. The van der Waals surface area contributed by atoms with Crippen molar-refractivity contribution in [2.75, 3.05) is 18.9 Å². The molecule has 2 aromatic rings. The van der Waals surface area contributed by atoms with Crippen molar-refractivity contribution in [2.24, 2.45) is 0 Å². The number of aryl methyl sites for hydroxylation is 2. The third kappa shape index (κ3) is 4.67. The summed E-state index contributed by atoms with van der Waals surface area (Å²) in [5.74, 6) is -0.470. The maximum atomic E-state index is 13.1. The summed E-state index contributed by atoms with van der Waals surface area (Å²) in [6.07, 6.45) is 0. The van der Waals surface area contributed by atoms with Gasteiger partial charge < -0.3 is 10.2 Å². The lowest BCUT2D eigenvalue weighted by atomic mass is 10.1. The average molecular weight is 301 g/mol. The van der Waals surface area contributed by atoms with Crippen molar-refractivity contribution in [2.45, 2.75) is 20.4 Å². The highest BCUT2D eigenvalue weighted by molar-refractivity contribution is 5.91. The van der Waals surface area contributed by atoms with Crippen molar-refractivity contribution in [1.29, 1.82) is 0 Å². The second kappa shape index (κ2) is 7.18. The molecule has 2 rings (SSSR count). The Labute approximate surface area is 130 Å². The van der Waals surface area contributed by atoms with Gasteiger partial charge >= 0.3 is 0 Å². The fourth-order valence-corrected chi connectivity index (χ4v) is 2.42. The molecule has 1 amide bonds. The van der Waals surface area contributed by atoms with Crippen molar-refractivity contribution in [3.05, 3.63) is 65.0 Å². The summed E-state index contributed by atoms with van der Waals surface area (Å²) in [7, 11) is 1.98. The van der Waals surface area contributed by atoms with Crippen LogP contribution in [0.3, 0.4) is 0 Å². The van der Waals surface area contributed by atoms with Crippen LogP contribution in [-0.4, -0.2) is 19.5 Å². The van der Waals surface area contributed by atoms with Crippen LogP contribution in [0.25, 0.3) is 0 Å². The van der Waals surface area contributed by atoms with Gasteiger partial charge in [0.15, 0.2) is 6.54 Å². The molecule has 0 radical (unpaired) electrons. The van der Waals surface area contributed by atoms with Crippen molar-refractivity contribution in [1.82, 2.24) is 0 Å². The van der Waals surface area contributed by atoms with Crippen molar-refractivity contribution in [3.8, 4) is 0 Å². The minimum Gasteiger partial charge on any atom is -0.326 e. The van der Waals surface area contributed by atoms with Gasteiger partial charge in [0.1, 0.15) is 12.4 Å². The Morgan fingerprint density at radius 2 is 1.95 bits per heavy atom. The number of amides is 1. The number of hydrogen-bond donors (Lipinski definition) is 2. The fourth-order valence-electron chi connectivity index (χ4n) is 2.42. The molecule has 0 fully saturated rings. The Bertz CT molecular complexity index is 670. The highest BCUT2D eigenvalue weighted by Gasteiger charge is 2.12. The molecule has 0 bridgehead atoms. The number of hydrogen-bond acceptors (Lipinski definition) is 1. The number of anilines is 1. The molecule has 116 valence electrons. The van der Waals surface area contributed by atoms with Crippen molar-refractivity contribution < 1.29 is 14.1 Å². The zero-order valence-corrected chi connectivity index (χ0v) is 13.2. The molecule has 3 nitrogen and oxygen atoms in total. The van der Waals surface area contributed by atoms with Gasteiger partial charge in [0, 0.05) is 11.3 Å². The van der Waals surface area contributed by atoms with Gasteiger partial charge in [0.05, 0.1) is 7.05 Å². The fraction of sp³-hybridized carbons (Fsp3) is 0.278. The molecule has 22 heavy (non-hydrogen) atoms. The number of nitrogens with one attached hydrogen (secondary N) is 2. The van der Waals surface area contributed by atoms with Crippen LogP contribution >= 0.6 is 0 Å². The highest BCUT2D eigenvalue weighted by Crippen LogP contribution is 2.10. The smallest absolute Gasteiger partial charge is 0.279 e. The van der Waals surface area contributed by atoms with Crippen LogP contribution in [0.1, 0.15) is 16.7 Å². The highest BCUT2D eigenvalue weighted by atomic mass is 19.1. The molecule has 0 aliphatic heterocycles. The topological polar surface area (TPSA) is 33.5 Å². The van der Waals surface area contributed by atoms with Crippen LogP contribution in [0.5, 0.6) is 0 Å². The lowest BCUT2D eigenvalue weighted by Gasteiger charge is -2.15. The van der Waals surface area contributed by atoms with Crippen LogP contribution in [-0.2, 0) is 11.3 Å². The largest absolute Gasteiger partial charge is 0.326 e. The van der Waals surface area contributed by atoms with E-state index in [9.17, 15) is 9.18 Å². The average Bonchev–Trinajstić information content (AvgIpc) is 2.42. The summed E-state index contributed by atoms with van der Waals surface area (Å²) in [4.78, 5) is 13.1. The Morgan fingerprint density at radius 1 is 1.18 bits per heavy atom. The van der Waals surface area contributed by atoms with Gasteiger partial charge in [-0.3, -0.25) is 4.79 Å². The molecule has 0 spiro atoms. The summed E-state index contributed by atoms with van der Waals surface area (Å²) in [5.41, 5.74) is 4.19. The van der Waals surface area contributed by atoms with E-state index < -0.39 is 0 Å². The molecule has 2 N–H and O–H groups in total. The van der Waals surface area contributed by atoms with E-state index in [1.54, 1.807) is 12.1 Å². The first-order valence-corrected chi connectivity index (χ1v) is 7.37. The number of carbonyl (C=O) groups is 1. The van der Waals surface area contributed by atoms with Gasteiger partial charge in [-0.2, -0.15) is 0 Å². The van der Waals surface area contributed by atoms with Gasteiger partial charge in [-0.05, 0) is 37.6 Å². The van der Waals surface area contributed by atoms with Crippen LogP contribution in [0.15, 0.2) is 42.5 Å². The molecular weight excluding hydrogens is 279 g/mol. The predicted molar refractivity (Wildman–Crippen MR) is 86.4 cm³/mol. The van der Waals surface area contributed by atoms with E-state index in [4.69, 9.17) is 0 Å². The first-order chi connectivity index (χ1) is 10.4. The zero-order valence-electron chi connectivity index (χ0n) is 13.2. The molecule has 2 aromatic carbocycles. The molecule has 0 aliphatic rings. The van der Waals surface area contributed by atoms with Gasteiger partial charge in [-0.25, -0.2) is 4.39 Å². The second-order valence-corrected chi connectivity index (χ2v) is 5.80. The summed E-state index contributed by atoms with van der Waals surface area (Å²) >= 11 is 0. The van der Waals surface area contributed by atoms with E-state index in [1.807, 2.05) is 7.05 Å². The second-order valence-electron chi connectivity index (χ2n) is 5.80. The summed E-state index contributed by atoms with van der Waals surface area (Å²) in [6, 6.07) is 12.3. The van der Waals surface area contributed by atoms with Gasteiger partial charge in [0.25, 0.3) is 5.91 Å². The number of likely N-dealkylation sites (N-methyl/N-ethyl adjacent to an activating group) is 1. The van der Waals surface area contributed by atoms with E-state index in [0.717, 1.165) is 11.4 Å². The normalized spacial score (nSPS) is 12.0. The first-order valence-electron chi connectivity index (χ1n) is 7.37. The molecule has 0 heterocycles. The number of halogens is 1. The molecule has 0 saturated heterocycles. The zero-order chi connectivity index (χ0) is 16.1. The molecule has 4 heteroatoms. The standard InChI is InChI=1S/C18H21FN2O/c1-13-7-8-14(2)15(9-13)11-21(3)12-18(22)20-17-6-4-5-16(19)10-17/h4-10H,11-12H2,1-3H3,(H,20,22)/p+1. The van der Waals surface area contributed by atoms with Crippen LogP contribution in [0.4, 0.5) is 10.1 Å². The van der Waals surface area contributed by atoms with Crippen LogP contribution < -0.4 is 10.2 Å². The van der Waals surface area contributed by atoms with E-state index in [2.05, 4.69) is 37.4 Å². The number of benzene rings is 2. The summed E-state index contributed by atoms with van der Waals surface area (Å²) < 4.78 is 13.1. The number of rotatable bonds is 5. The molecule has 0 aromatic heterocycles. The third-order valence-electron chi connectivity index (χ3n) is 3.57. The molecule has 1 unspecified atom stereocenters. The molecule has 0 saturated carbocycles. The SMILES string of the molecule is Cc1ccc(C)c(C[NH+](C)CC(=O)Nc2cccc(F)c2)c1. The van der Waals surface area contributed by atoms with Crippen LogP contribution in [0.2, 0.25) is 0 Å². The number of quaternary nitrogens is 1. The third-order valence-corrected chi connectivity index (χ3v) is 3.57. The molecule has 1 atom stereocenters. The number of carbonyl (C=O) groups excluding carboxylic acids is 1. The monoisotopic (exact) mass is 301 g/mol. The Kier molecular flexibility index (Phi) is 5.28. The molecule has 0 aliphatic carbocycles. The Hall–Kier alpha value is -2.20. The predicted octanol–water partition coefficient (Wildman–Crippen LogP) is 2.10. The van der Waals surface area contributed by atoms with Gasteiger partial charge in [-0.15, -0.1) is 0 Å². The van der Waals surface area contributed by atoms with Crippen LogP contribution in [0, 0.1) is 19.7 Å². The maximum Gasteiger partial charge on any atom is 0.279 e. The lowest BCUT2D eigenvalue weighted by Crippen LogP contribution is -3.08. The summed E-state index contributed by atoms with van der Waals surface area (Å²) in [6.45, 7) is 5.26. The van der Waals surface area contributed by atoms with Gasteiger partial charge in [0.2, 0.25) is 0 Å².